The molecule has 0 radical (unpaired) electrons. The Morgan fingerprint density at radius 2 is 1.71 bits per heavy atom. The molecule has 0 aliphatic carbocycles. The maximum absolute atomic E-state index is 12.3. The number of benzene rings is 1. The molecule has 0 bridgehead atoms. The minimum atomic E-state index is 0.00756. The predicted molar refractivity (Wildman–Crippen MR) is 85.0 cm³/mol. The van der Waals surface area contributed by atoms with Crippen molar-refractivity contribution in [3.8, 4) is 0 Å². The van der Waals surface area contributed by atoms with Crippen molar-refractivity contribution in [3.63, 3.8) is 0 Å². The Morgan fingerprint density at radius 3 is 2.38 bits per heavy atom. The van der Waals surface area contributed by atoms with Crippen molar-refractivity contribution in [2.45, 2.75) is 13.5 Å². The van der Waals surface area contributed by atoms with E-state index in [1.807, 2.05) is 13.0 Å². The Bertz CT molecular complexity index is 645. The Hall–Kier alpha value is -2.30. The summed E-state index contributed by atoms with van der Waals surface area (Å²) in [7, 11) is 0. The van der Waals surface area contributed by atoms with Crippen LogP contribution in [0.4, 0.5) is 11.5 Å². The minimum Gasteiger partial charge on any atom is -0.368 e. The smallest absolute Gasteiger partial charge is 0.293 e. The van der Waals surface area contributed by atoms with Crippen LogP contribution in [0.3, 0.4) is 0 Å². The normalized spacial score (nSPS) is 15.3. The summed E-state index contributed by atoms with van der Waals surface area (Å²) in [6.45, 7) is 6.12. The lowest BCUT2D eigenvalue weighted by molar-refractivity contribution is 0.632. The van der Waals surface area contributed by atoms with E-state index < -0.39 is 0 Å². The molecule has 110 valence electrons. The fourth-order valence-electron chi connectivity index (χ4n) is 2.72. The number of piperazine rings is 1. The standard InChI is InChI=1S/C16H20N4O/c1-2-18-9-8-17-15(16(18)21)20-12-10-19(11-13-20)14-6-4-3-5-7-14/h3-9H,2,10-13H2,1H3. The van der Waals surface area contributed by atoms with E-state index in [9.17, 15) is 4.79 Å². The van der Waals surface area contributed by atoms with Crippen LogP contribution in [-0.4, -0.2) is 35.7 Å². The fourth-order valence-corrected chi connectivity index (χ4v) is 2.72. The first-order chi connectivity index (χ1) is 10.3. The molecule has 1 aliphatic rings. The maximum Gasteiger partial charge on any atom is 0.293 e. The number of para-hydroxylation sites is 1. The quantitative estimate of drug-likeness (QED) is 0.858. The first kappa shape index (κ1) is 13.7. The minimum absolute atomic E-state index is 0.00756. The second-order valence-corrected chi connectivity index (χ2v) is 5.15. The summed E-state index contributed by atoms with van der Waals surface area (Å²) < 4.78 is 1.70. The summed E-state index contributed by atoms with van der Waals surface area (Å²) in [5, 5.41) is 0. The van der Waals surface area contributed by atoms with Crippen LogP contribution >= 0.6 is 0 Å². The number of hydrogen-bond donors (Lipinski definition) is 0. The van der Waals surface area contributed by atoms with Crippen molar-refractivity contribution in [2.24, 2.45) is 0 Å². The highest BCUT2D eigenvalue weighted by molar-refractivity contribution is 5.48. The van der Waals surface area contributed by atoms with Gasteiger partial charge in [0, 0.05) is 50.8 Å². The number of anilines is 2. The largest absolute Gasteiger partial charge is 0.368 e. The second kappa shape index (κ2) is 5.99. The van der Waals surface area contributed by atoms with Crippen molar-refractivity contribution >= 4 is 11.5 Å². The Labute approximate surface area is 124 Å². The second-order valence-electron chi connectivity index (χ2n) is 5.15. The lowest BCUT2D eigenvalue weighted by Gasteiger charge is -2.36. The molecule has 0 N–H and O–H groups in total. The van der Waals surface area contributed by atoms with Crippen LogP contribution < -0.4 is 15.4 Å². The highest BCUT2D eigenvalue weighted by Gasteiger charge is 2.20. The summed E-state index contributed by atoms with van der Waals surface area (Å²) in [5.74, 6) is 0.576. The molecular formula is C16H20N4O. The number of nitrogens with zero attached hydrogens (tertiary/aromatic N) is 4. The van der Waals surface area contributed by atoms with Gasteiger partial charge >= 0.3 is 0 Å². The predicted octanol–water partition coefficient (Wildman–Crippen LogP) is 1.59. The zero-order valence-corrected chi connectivity index (χ0v) is 12.3. The van der Waals surface area contributed by atoms with Gasteiger partial charge in [-0.25, -0.2) is 4.98 Å². The molecule has 0 unspecified atom stereocenters. The molecule has 0 amide bonds. The van der Waals surface area contributed by atoms with Crippen molar-refractivity contribution in [1.82, 2.24) is 9.55 Å². The monoisotopic (exact) mass is 284 g/mol. The van der Waals surface area contributed by atoms with Gasteiger partial charge in [-0.2, -0.15) is 0 Å². The summed E-state index contributed by atoms with van der Waals surface area (Å²) in [5.41, 5.74) is 1.25. The van der Waals surface area contributed by atoms with Crippen LogP contribution in [0, 0.1) is 0 Å². The van der Waals surface area contributed by atoms with Crippen molar-refractivity contribution in [3.05, 3.63) is 53.1 Å². The van der Waals surface area contributed by atoms with Crippen LogP contribution in [0.15, 0.2) is 47.5 Å². The molecule has 0 atom stereocenters. The van der Waals surface area contributed by atoms with E-state index in [4.69, 9.17) is 0 Å². The Morgan fingerprint density at radius 1 is 1.05 bits per heavy atom. The summed E-state index contributed by atoms with van der Waals surface area (Å²) in [4.78, 5) is 21.0. The van der Waals surface area contributed by atoms with Gasteiger partial charge in [-0.15, -0.1) is 0 Å². The van der Waals surface area contributed by atoms with Gasteiger partial charge in [-0.3, -0.25) is 4.79 Å². The van der Waals surface area contributed by atoms with E-state index in [1.165, 1.54) is 5.69 Å². The highest BCUT2D eigenvalue weighted by atomic mass is 16.1. The number of aryl methyl sites for hydroxylation is 1. The van der Waals surface area contributed by atoms with E-state index >= 15 is 0 Å². The van der Waals surface area contributed by atoms with Crippen molar-refractivity contribution < 1.29 is 0 Å². The molecule has 1 aromatic carbocycles. The zero-order valence-electron chi connectivity index (χ0n) is 12.3. The van der Waals surface area contributed by atoms with Crippen molar-refractivity contribution in [2.75, 3.05) is 36.0 Å². The van der Waals surface area contributed by atoms with E-state index in [0.29, 0.717) is 12.4 Å². The lowest BCUT2D eigenvalue weighted by Crippen LogP contribution is -2.48. The van der Waals surface area contributed by atoms with E-state index in [2.05, 4.69) is 39.0 Å². The maximum atomic E-state index is 12.3. The van der Waals surface area contributed by atoms with Gasteiger partial charge < -0.3 is 14.4 Å². The summed E-state index contributed by atoms with van der Waals surface area (Å²) in [6, 6.07) is 10.4. The van der Waals surface area contributed by atoms with Crippen LogP contribution in [-0.2, 0) is 6.54 Å². The van der Waals surface area contributed by atoms with Gasteiger partial charge in [-0.1, -0.05) is 18.2 Å². The molecule has 2 aromatic rings. The molecule has 1 aromatic heterocycles. The molecule has 5 nitrogen and oxygen atoms in total. The number of hydrogen-bond acceptors (Lipinski definition) is 4. The average molecular weight is 284 g/mol. The molecule has 0 saturated carbocycles. The third kappa shape index (κ3) is 2.77. The lowest BCUT2D eigenvalue weighted by atomic mass is 10.2. The van der Waals surface area contributed by atoms with E-state index in [0.717, 1.165) is 26.2 Å². The molecular weight excluding hydrogens is 264 g/mol. The third-order valence-corrected chi connectivity index (χ3v) is 3.94. The molecule has 2 heterocycles. The fraction of sp³-hybridized carbons (Fsp3) is 0.375. The summed E-state index contributed by atoms with van der Waals surface area (Å²) in [6.07, 6.45) is 3.45. The van der Waals surface area contributed by atoms with Crippen LogP contribution in [0.2, 0.25) is 0 Å². The van der Waals surface area contributed by atoms with Crippen LogP contribution in [0.1, 0.15) is 6.92 Å². The van der Waals surface area contributed by atoms with Gasteiger partial charge in [0.15, 0.2) is 5.82 Å². The molecule has 0 spiro atoms. The summed E-state index contributed by atoms with van der Waals surface area (Å²) >= 11 is 0. The third-order valence-electron chi connectivity index (χ3n) is 3.94. The molecule has 1 aliphatic heterocycles. The number of aromatic nitrogens is 2. The average Bonchev–Trinajstić information content (AvgIpc) is 2.56. The highest BCUT2D eigenvalue weighted by Crippen LogP contribution is 2.17. The van der Waals surface area contributed by atoms with Gasteiger partial charge in [0.1, 0.15) is 0 Å². The Kier molecular flexibility index (Phi) is 3.90. The molecule has 5 heteroatoms. The SMILES string of the molecule is CCn1ccnc(N2CCN(c3ccccc3)CC2)c1=O. The molecule has 21 heavy (non-hydrogen) atoms. The Balaban J connectivity index is 1.73. The van der Waals surface area contributed by atoms with Gasteiger partial charge in [0.05, 0.1) is 0 Å². The van der Waals surface area contributed by atoms with Crippen LogP contribution in [0.25, 0.3) is 0 Å². The van der Waals surface area contributed by atoms with E-state index in [1.54, 1.807) is 17.0 Å². The van der Waals surface area contributed by atoms with Gasteiger partial charge in [0.25, 0.3) is 5.56 Å². The first-order valence-corrected chi connectivity index (χ1v) is 7.40. The van der Waals surface area contributed by atoms with Crippen LogP contribution in [0.5, 0.6) is 0 Å². The molecule has 1 saturated heterocycles. The number of rotatable bonds is 3. The zero-order chi connectivity index (χ0) is 14.7. The molecule has 3 rings (SSSR count). The molecule has 1 fully saturated rings. The van der Waals surface area contributed by atoms with Gasteiger partial charge in [0.2, 0.25) is 0 Å². The van der Waals surface area contributed by atoms with Gasteiger partial charge in [-0.05, 0) is 19.1 Å². The first-order valence-electron chi connectivity index (χ1n) is 7.40. The van der Waals surface area contributed by atoms with E-state index in [-0.39, 0.29) is 5.56 Å². The topological polar surface area (TPSA) is 41.4 Å². The van der Waals surface area contributed by atoms with Crippen molar-refractivity contribution in [1.29, 1.82) is 0 Å².